The monoisotopic (exact) mass is 379 g/mol. The molecule has 1 atom stereocenters. The summed E-state index contributed by atoms with van der Waals surface area (Å²) in [4.78, 5) is 0. The minimum absolute atomic E-state index is 0.712. The van der Waals surface area contributed by atoms with Crippen LogP contribution < -0.4 is 5.32 Å². The van der Waals surface area contributed by atoms with Gasteiger partial charge in [-0.05, 0) is 50.5 Å². The smallest absolute Gasteiger partial charge is 0.00901 e. The molecule has 0 spiro atoms. The number of allylic oxidation sites excluding steroid dienone is 2. The van der Waals surface area contributed by atoms with Gasteiger partial charge in [0, 0.05) is 6.04 Å². The minimum Gasteiger partial charge on any atom is -0.313 e. The van der Waals surface area contributed by atoms with Crippen molar-refractivity contribution in [1.29, 1.82) is 0 Å². The first-order valence-electron chi connectivity index (χ1n) is 12.5. The third-order valence-electron chi connectivity index (χ3n) is 5.62. The third kappa shape index (κ3) is 20.2. The summed E-state index contributed by atoms with van der Waals surface area (Å²) >= 11 is 0. The number of nitrogens with one attached hydrogen (secondary N) is 1. The maximum Gasteiger partial charge on any atom is 0.00901 e. The van der Waals surface area contributed by atoms with E-state index in [0.29, 0.717) is 6.04 Å². The molecule has 0 aliphatic rings. The van der Waals surface area contributed by atoms with Crippen LogP contribution in [0.25, 0.3) is 0 Å². The van der Waals surface area contributed by atoms with Gasteiger partial charge < -0.3 is 5.32 Å². The van der Waals surface area contributed by atoms with Crippen molar-refractivity contribution >= 4 is 0 Å². The molecule has 0 rings (SSSR count). The van der Waals surface area contributed by atoms with Gasteiger partial charge in [0.1, 0.15) is 0 Å². The van der Waals surface area contributed by atoms with Crippen LogP contribution >= 0.6 is 0 Å². The van der Waals surface area contributed by atoms with Crippen molar-refractivity contribution in [1.82, 2.24) is 5.32 Å². The summed E-state index contributed by atoms with van der Waals surface area (Å²) in [5.74, 6) is 1.51. The van der Waals surface area contributed by atoms with Gasteiger partial charge in [-0.15, -0.1) is 0 Å². The molecule has 0 aliphatic carbocycles. The number of unbranched alkanes of at least 4 members (excludes halogenated alkanes) is 12. The molecule has 0 saturated heterocycles. The average molecular weight is 380 g/mol. The number of hydrogen-bond donors (Lipinski definition) is 1. The van der Waals surface area contributed by atoms with E-state index < -0.39 is 0 Å². The van der Waals surface area contributed by atoms with Crippen LogP contribution in [0.3, 0.4) is 0 Å². The molecule has 1 heteroatoms. The molecule has 0 aromatic rings. The van der Waals surface area contributed by atoms with E-state index in [9.17, 15) is 0 Å². The zero-order valence-corrected chi connectivity index (χ0v) is 19.7. The molecular weight excluding hydrogens is 326 g/mol. The normalized spacial score (nSPS) is 13.3. The minimum atomic E-state index is 0.712. The average Bonchev–Trinajstić information content (AvgIpc) is 2.63. The molecule has 0 aromatic carbocycles. The Kier molecular flexibility index (Phi) is 20.2. The Morgan fingerprint density at radius 2 is 1.11 bits per heavy atom. The van der Waals surface area contributed by atoms with E-state index in [1.165, 1.54) is 96.3 Å². The van der Waals surface area contributed by atoms with E-state index >= 15 is 0 Å². The van der Waals surface area contributed by atoms with Gasteiger partial charge in [-0.2, -0.15) is 0 Å². The Morgan fingerprint density at radius 3 is 1.59 bits per heavy atom. The van der Waals surface area contributed by atoms with Gasteiger partial charge in [-0.25, -0.2) is 0 Å². The quantitative estimate of drug-likeness (QED) is 0.165. The highest BCUT2D eigenvalue weighted by Crippen LogP contribution is 2.14. The lowest BCUT2D eigenvalue weighted by Crippen LogP contribution is -2.36. The molecule has 0 bridgehead atoms. The lowest BCUT2D eigenvalue weighted by atomic mass is 9.96. The molecule has 0 amide bonds. The molecule has 1 N–H and O–H groups in total. The van der Waals surface area contributed by atoms with Crippen LogP contribution in [0.4, 0.5) is 0 Å². The molecule has 0 heterocycles. The maximum absolute atomic E-state index is 3.76. The molecule has 1 unspecified atom stereocenters. The van der Waals surface area contributed by atoms with Crippen molar-refractivity contribution < 1.29 is 0 Å². The highest BCUT2D eigenvalue weighted by Gasteiger charge is 2.12. The molecule has 0 aliphatic heterocycles. The van der Waals surface area contributed by atoms with Crippen molar-refractivity contribution in [2.24, 2.45) is 11.8 Å². The predicted molar refractivity (Wildman–Crippen MR) is 126 cm³/mol. The fourth-order valence-electron chi connectivity index (χ4n) is 3.67. The second-order valence-electron chi connectivity index (χ2n) is 9.38. The Hall–Kier alpha value is -0.300. The van der Waals surface area contributed by atoms with Crippen LogP contribution in [0.15, 0.2) is 12.2 Å². The second-order valence-corrected chi connectivity index (χ2v) is 9.38. The van der Waals surface area contributed by atoms with Crippen LogP contribution in [-0.4, -0.2) is 12.6 Å². The van der Waals surface area contributed by atoms with E-state index in [4.69, 9.17) is 0 Å². The zero-order valence-electron chi connectivity index (χ0n) is 19.7. The first kappa shape index (κ1) is 26.7. The van der Waals surface area contributed by atoms with Crippen LogP contribution in [0.2, 0.25) is 0 Å². The molecule has 0 saturated carbocycles. The molecule has 1 nitrogen and oxygen atoms in total. The topological polar surface area (TPSA) is 12.0 Å². The Bertz CT molecular complexity index is 305. The Morgan fingerprint density at radius 1 is 0.630 bits per heavy atom. The Balaban J connectivity index is 3.37. The molecule has 162 valence electrons. The lowest BCUT2D eigenvalue weighted by molar-refractivity contribution is 0.347. The third-order valence-corrected chi connectivity index (χ3v) is 5.62. The number of rotatable bonds is 20. The largest absolute Gasteiger partial charge is 0.313 e. The van der Waals surface area contributed by atoms with Crippen molar-refractivity contribution in [2.45, 2.75) is 137 Å². The lowest BCUT2D eigenvalue weighted by Gasteiger charge is -2.23. The van der Waals surface area contributed by atoms with Gasteiger partial charge in [0.25, 0.3) is 0 Å². The highest BCUT2D eigenvalue weighted by molar-refractivity contribution is 4.81. The van der Waals surface area contributed by atoms with Crippen LogP contribution in [0.1, 0.15) is 131 Å². The van der Waals surface area contributed by atoms with Crippen LogP contribution in [0.5, 0.6) is 0 Å². The highest BCUT2D eigenvalue weighted by atomic mass is 14.9. The van der Waals surface area contributed by atoms with E-state index in [1.54, 1.807) is 0 Å². The molecule has 0 radical (unpaired) electrons. The van der Waals surface area contributed by atoms with Crippen molar-refractivity contribution in [3.63, 3.8) is 0 Å². The summed E-state index contributed by atoms with van der Waals surface area (Å²) in [6.45, 7) is 12.8. The SMILES string of the molecule is CCCCCCCCC=CCCCCCCCCC(NCC(C)C)C(C)C. The molecule has 0 fully saturated rings. The Labute approximate surface area is 173 Å². The summed E-state index contributed by atoms with van der Waals surface area (Å²) in [6.07, 6.45) is 25.7. The fourth-order valence-corrected chi connectivity index (χ4v) is 3.67. The van der Waals surface area contributed by atoms with Crippen LogP contribution in [0, 0.1) is 11.8 Å². The van der Waals surface area contributed by atoms with Crippen LogP contribution in [-0.2, 0) is 0 Å². The van der Waals surface area contributed by atoms with Gasteiger partial charge in [-0.3, -0.25) is 0 Å². The first-order valence-corrected chi connectivity index (χ1v) is 12.5. The molecule has 0 aromatic heterocycles. The fraction of sp³-hybridized carbons (Fsp3) is 0.923. The summed E-state index contributed by atoms with van der Waals surface area (Å²) in [6, 6.07) is 0.712. The van der Waals surface area contributed by atoms with Crippen molar-refractivity contribution in [3.8, 4) is 0 Å². The van der Waals surface area contributed by atoms with E-state index in [-0.39, 0.29) is 0 Å². The summed E-state index contributed by atoms with van der Waals surface area (Å²) in [5, 5.41) is 3.76. The zero-order chi connectivity index (χ0) is 20.2. The van der Waals surface area contributed by atoms with Crippen molar-refractivity contribution in [2.75, 3.05) is 6.54 Å². The van der Waals surface area contributed by atoms with Gasteiger partial charge in [0.05, 0.1) is 0 Å². The van der Waals surface area contributed by atoms with E-state index in [2.05, 4.69) is 52.1 Å². The molecule has 27 heavy (non-hydrogen) atoms. The van der Waals surface area contributed by atoms with Gasteiger partial charge >= 0.3 is 0 Å². The van der Waals surface area contributed by atoms with E-state index in [1.807, 2.05) is 0 Å². The second kappa shape index (κ2) is 20.4. The van der Waals surface area contributed by atoms with Gasteiger partial charge in [0.15, 0.2) is 0 Å². The first-order chi connectivity index (χ1) is 13.1. The van der Waals surface area contributed by atoms with Gasteiger partial charge in [0.2, 0.25) is 0 Å². The van der Waals surface area contributed by atoms with Gasteiger partial charge in [-0.1, -0.05) is 111 Å². The summed E-state index contributed by atoms with van der Waals surface area (Å²) in [5.41, 5.74) is 0. The maximum atomic E-state index is 3.76. The summed E-state index contributed by atoms with van der Waals surface area (Å²) < 4.78 is 0. The molecular formula is C26H53N. The standard InChI is InChI=1S/C26H53N/c1-6-7-8-9-10-11-12-13-14-15-16-17-18-19-20-21-22-26(25(4)5)27-23-24(2)3/h13-14,24-27H,6-12,15-23H2,1-5H3. The summed E-state index contributed by atoms with van der Waals surface area (Å²) in [7, 11) is 0. The van der Waals surface area contributed by atoms with E-state index in [0.717, 1.165) is 18.4 Å². The predicted octanol–water partition coefficient (Wildman–Crippen LogP) is 8.68. The van der Waals surface area contributed by atoms with Crippen molar-refractivity contribution in [3.05, 3.63) is 12.2 Å². The number of hydrogen-bond acceptors (Lipinski definition) is 1.